The van der Waals surface area contributed by atoms with Gasteiger partial charge in [-0.3, -0.25) is 0 Å². The molecule has 1 aromatic rings. The molecular formula is C11H17N3O. The molecule has 2 unspecified atom stereocenters. The predicted molar refractivity (Wildman–Crippen MR) is 55.7 cm³/mol. The average Bonchev–Trinajstić information content (AvgIpc) is 2.97. The third kappa shape index (κ3) is 1.91. The van der Waals surface area contributed by atoms with E-state index in [2.05, 4.69) is 22.4 Å². The smallest absolute Gasteiger partial charge is 0.229 e. The van der Waals surface area contributed by atoms with Crippen LogP contribution >= 0.6 is 0 Å². The molecule has 2 atom stereocenters. The molecule has 0 aromatic carbocycles. The third-order valence-electron chi connectivity index (χ3n) is 3.37. The Morgan fingerprint density at radius 1 is 1.27 bits per heavy atom. The summed E-state index contributed by atoms with van der Waals surface area (Å²) in [6.45, 7) is 3.28. The third-order valence-corrected chi connectivity index (χ3v) is 3.37. The van der Waals surface area contributed by atoms with E-state index >= 15 is 0 Å². The van der Waals surface area contributed by atoms with Gasteiger partial charge in [0.1, 0.15) is 0 Å². The van der Waals surface area contributed by atoms with Crippen LogP contribution in [0, 0.1) is 0 Å². The second-order valence-electron chi connectivity index (χ2n) is 4.84. The molecule has 1 saturated heterocycles. The van der Waals surface area contributed by atoms with Crippen molar-refractivity contribution in [3.8, 4) is 0 Å². The maximum Gasteiger partial charge on any atom is 0.229 e. The van der Waals surface area contributed by atoms with E-state index in [4.69, 9.17) is 4.52 Å². The first-order chi connectivity index (χ1) is 7.33. The van der Waals surface area contributed by atoms with Crippen molar-refractivity contribution in [3.05, 3.63) is 11.7 Å². The Hall–Kier alpha value is -0.900. The minimum Gasteiger partial charge on any atom is -0.339 e. The van der Waals surface area contributed by atoms with Gasteiger partial charge in [0.05, 0.1) is 0 Å². The number of nitrogens with zero attached hydrogens (tertiary/aromatic N) is 2. The van der Waals surface area contributed by atoms with E-state index in [1.165, 1.54) is 12.8 Å². The van der Waals surface area contributed by atoms with Gasteiger partial charge in [-0.25, -0.2) is 0 Å². The van der Waals surface area contributed by atoms with Crippen molar-refractivity contribution in [2.75, 3.05) is 6.54 Å². The Labute approximate surface area is 89.4 Å². The fourth-order valence-corrected chi connectivity index (χ4v) is 2.28. The van der Waals surface area contributed by atoms with Crippen molar-refractivity contribution in [1.82, 2.24) is 15.5 Å². The zero-order chi connectivity index (χ0) is 10.3. The lowest BCUT2D eigenvalue weighted by atomic mass is 9.93. The molecule has 0 amide bonds. The van der Waals surface area contributed by atoms with Gasteiger partial charge in [-0.1, -0.05) is 5.16 Å². The van der Waals surface area contributed by atoms with Crippen molar-refractivity contribution in [1.29, 1.82) is 0 Å². The molecule has 0 spiro atoms. The molecule has 82 valence electrons. The Bertz CT molecular complexity index is 345. The van der Waals surface area contributed by atoms with Crippen molar-refractivity contribution in [3.63, 3.8) is 0 Å². The van der Waals surface area contributed by atoms with Crippen LogP contribution in [0.1, 0.15) is 56.2 Å². The molecule has 1 saturated carbocycles. The second kappa shape index (κ2) is 3.59. The van der Waals surface area contributed by atoms with Crippen LogP contribution in [0.3, 0.4) is 0 Å². The molecule has 15 heavy (non-hydrogen) atoms. The number of aromatic nitrogens is 2. The van der Waals surface area contributed by atoms with Crippen LogP contribution in [0.5, 0.6) is 0 Å². The molecule has 2 heterocycles. The Balaban J connectivity index is 1.73. The van der Waals surface area contributed by atoms with E-state index in [9.17, 15) is 0 Å². The lowest BCUT2D eigenvalue weighted by molar-refractivity contribution is 0.294. The summed E-state index contributed by atoms with van der Waals surface area (Å²) in [5, 5.41) is 7.51. The van der Waals surface area contributed by atoms with Gasteiger partial charge >= 0.3 is 0 Å². The van der Waals surface area contributed by atoms with E-state index in [1.54, 1.807) is 0 Å². The van der Waals surface area contributed by atoms with Gasteiger partial charge in [0, 0.05) is 17.9 Å². The highest BCUT2D eigenvalue weighted by Crippen LogP contribution is 2.39. The molecule has 0 radical (unpaired) electrons. The summed E-state index contributed by atoms with van der Waals surface area (Å²) < 4.78 is 5.36. The van der Waals surface area contributed by atoms with Gasteiger partial charge in [0.15, 0.2) is 5.82 Å². The van der Waals surface area contributed by atoms with Crippen LogP contribution in [0.2, 0.25) is 0 Å². The fraction of sp³-hybridized carbons (Fsp3) is 0.818. The average molecular weight is 207 g/mol. The largest absolute Gasteiger partial charge is 0.339 e. The lowest BCUT2D eigenvalue weighted by Crippen LogP contribution is -2.34. The van der Waals surface area contributed by atoms with Crippen LogP contribution in [0.15, 0.2) is 4.52 Å². The van der Waals surface area contributed by atoms with E-state index < -0.39 is 0 Å². The highest BCUT2D eigenvalue weighted by molar-refractivity contribution is 5.06. The summed E-state index contributed by atoms with van der Waals surface area (Å²) in [5.74, 6) is 2.88. The molecule has 4 nitrogen and oxygen atoms in total. The number of nitrogens with one attached hydrogen (secondary N) is 1. The van der Waals surface area contributed by atoms with E-state index in [0.717, 1.165) is 31.1 Å². The van der Waals surface area contributed by atoms with Gasteiger partial charge in [0.25, 0.3) is 0 Å². The van der Waals surface area contributed by atoms with E-state index in [-0.39, 0.29) is 0 Å². The predicted octanol–water partition coefficient (Wildman–Crippen LogP) is 1.80. The zero-order valence-electron chi connectivity index (χ0n) is 9.07. The monoisotopic (exact) mass is 207 g/mol. The van der Waals surface area contributed by atoms with E-state index in [0.29, 0.717) is 17.9 Å². The lowest BCUT2D eigenvalue weighted by Gasteiger charge is -2.25. The number of piperidine rings is 1. The Kier molecular flexibility index (Phi) is 2.24. The standard InChI is InChI=1S/C11H17N3O/c1-7-6-9(4-5-12-7)11-13-10(14-15-11)8-2-3-8/h7-9,12H,2-6H2,1H3. The molecule has 2 fully saturated rings. The molecule has 3 rings (SSSR count). The van der Waals surface area contributed by atoms with Crippen LogP contribution in [-0.4, -0.2) is 22.7 Å². The van der Waals surface area contributed by atoms with E-state index in [1.807, 2.05) is 0 Å². The molecule has 1 aliphatic heterocycles. The Morgan fingerprint density at radius 2 is 2.13 bits per heavy atom. The first-order valence-electron chi connectivity index (χ1n) is 5.90. The van der Waals surface area contributed by atoms with Crippen molar-refractivity contribution >= 4 is 0 Å². The summed E-state index contributed by atoms with van der Waals surface area (Å²) in [6.07, 6.45) is 4.71. The minimum atomic E-state index is 0.473. The molecule has 1 N–H and O–H groups in total. The van der Waals surface area contributed by atoms with Crippen molar-refractivity contribution in [2.24, 2.45) is 0 Å². The highest BCUT2D eigenvalue weighted by atomic mass is 16.5. The highest BCUT2D eigenvalue weighted by Gasteiger charge is 2.31. The number of hydrogen-bond acceptors (Lipinski definition) is 4. The summed E-state index contributed by atoms with van der Waals surface area (Å²) in [5.41, 5.74) is 0. The summed E-state index contributed by atoms with van der Waals surface area (Å²) in [7, 11) is 0. The quantitative estimate of drug-likeness (QED) is 0.803. The summed E-state index contributed by atoms with van der Waals surface area (Å²) in [6, 6.07) is 0.569. The fourth-order valence-electron chi connectivity index (χ4n) is 2.28. The van der Waals surface area contributed by atoms with Crippen LogP contribution in [0.4, 0.5) is 0 Å². The SMILES string of the molecule is CC1CC(c2nc(C3CC3)no2)CCN1. The zero-order valence-corrected chi connectivity index (χ0v) is 9.07. The van der Waals surface area contributed by atoms with Crippen LogP contribution in [0.25, 0.3) is 0 Å². The first-order valence-corrected chi connectivity index (χ1v) is 5.90. The minimum absolute atomic E-state index is 0.473. The van der Waals surface area contributed by atoms with Crippen molar-refractivity contribution in [2.45, 2.75) is 50.5 Å². The summed E-state index contributed by atoms with van der Waals surface area (Å²) >= 11 is 0. The topological polar surface area (TPSA) is 51.0 Å². The van der Waals surface area contributed by atoms with Crippen LogP contribution in [-0.2, 0) is 0 Å². The van der Waals surface area contributed by atoms with Gasteiger partial charge in [-0.2, -0.15) is 4.98 Å². The summed E-state index contributed by atoms with van der Waals surface area (Å²) in [4.78, 5) is 4.52. The molecular weight excluding hydrogens is 190 g/mol. The van der Waals surface area contributed by atoms with Gasteiger partial charge in [0.2, 0.25) is 5.89 Å². The number of hydrogen-bond donors (Lipinski definition) is 1. The van der Waals surface area contributed by atoms with Crippen molar-refractivity contribution < 1.29 is 4.52 Å². The molecule has 0 bridgehead atoms. The van der Waals surface area contributed by atoms with Crippen LogP contribution < -0.4 is 5.32 Å². The number of rotatable bonds is 2. The molecule has 4 heteroatoms. The molecule has 1 aromatic heterocycles. The molecule has 1 aliphatic carbocycles. The van der Waals surface area contributed by atoms with Gasteiger partial charge in [-0.05, 0) is 39.2 Å². The van der Waals surface area contributed by atoms with Gasteiger partial charge < -0.3 is 9.84 Å². The normalized spacial score (nSPS) is 31.8. The molecule has 2 aliphatic rings. The maximum absolute atomic E-state index is 5.36. The second-order valence-corrected chi connectivity index (χ2v) is 4.84. The van der Waals surface area contributed by atoms with Gasteiger partial charge in [-0.15, -0.1) is 0 Å². The first kappa shape index (κ1) is 9.33. The maximum atomic E-state index is 5.36. The Morgan fingerprint density at radius 3 is 2.87 bits per heavy atom.